The third kappa shape index (κ3) is 4.29. The van der Waals surface area contributed by atoms with E-state index in [1.807, 2.05) is 20.8 Å². The number of hydrogen-bond donors (Lipinski definition) is 1. The molecular formula is C11H21F3N2. The Morgan fingerprint density at radius 3 is 2.25 bits per heavy atom. The topological polar surface area (TPSA) is 15.3 Å². The Morgan fingerprint density at radius 1 is 1.31 bits per heavy atom. The lowest BCUT2D eigenvalue weighted by molar-refractivity contribution is -0.152. The SMILES string of the molecule is CCNC(C)C(C)N(CC(F)(F)F)C1CC1. The summed E-state index contributed by atoms with van der Waals surface area (Å²) in [5, 5.41) is 3.19. The molecule has 0 spiro atoms. The molecule has 1 fully saturated rings. The van der Waals surface area contributed by atoms with Crippen LogP contribution in [-0.2, 0) is 0 Å². The summed E-state index contributed by atoms with van der Waals surface area (Å²) in [7, 11) is 0. The van der Waals surface area contributed by atoms with Crippen LogP contribution in [0.1, 0.15) is 33.6 Å². The molecular weight excluding hydrogens is 217 g/mol. The van der Waals surface area contributed by atoms with Crippen molar-refractivity contribution in [2.75, 3.05) is 13.1 Å². The minimum atomic E-state index is -4.09. The van der Waals surface area contributed by atoms with Gasteiger partial charge in [0, 0.05) is 18.1 Å². The minimum Gasteiger partial charge on any atom is -0.313 e. The zero-order chi connectivity index (χ0) is 12.3. The highest BCUT2D eigenvalue weighted by molar-refractivity contribution is 4.91. The van der Waals surface area contributed by atoms with E-state index in [-0.39, 0.29) is 18.1 Å². The predicted molar refractivity (Wildman–Crippen MR) is 58.4 cm³/mol. The number of likely N-dealkylation sites (N-methyl/N-ethyl adjacent to an activating group) is 1. The fraction of sp³-hybridized carbons (Fsp3) is 1.00. The first-order valence-electron chi connectivity index (χ1n) is 5.91. The van der Waals surface area contributed by atoms with Crippen LogP contribution in [0.5, 0.6) is 0 Å². The molecule has 1 aliphatic carbocycles. The van der Waals surface area contributed by atoms with Crippen LogP contribution in [-0.4, -0.2) is 42.3 Å². The zero-order valence-corrected chi connectivity index (χ0v) is 10.1. The minimum absolute atomic E-state index is 0.0749. The van der Waals surface area contributed by atoms with Crippen molar-refractivity contribution in [2.24, 2.45) is 0 Å². The second kappa shape index (κ2) is 5.36. The molecule has 16 heavy (non-hydrogen) atoms. The van der Waals surface area contributed by atoms with Crippen molar-refractivity contribution in [3.8, 4) is 0 Å². The van der Waals surface area contributed by atoms with Crippen molar-refractivity contribution in [1.29, 1.82) is 0 Å². The van der Waals surface area contributed by atoms with E-state index in [2.05, 4.69) is 5.32 Å². The fourth-order valence-electron chi connectivity index (χ4n) is 2.00. The van der Waals surface area contributed by atoms with Gasteiger partial charge < -0.3 is 5.32 Å². The predicted octanol–water partition coefficient (Wildman–Crippen LogP) is 2.40. The number of alkyl halides is 3. The molecule has 0 heterocycles. The summed E-state index contributed by atoms with van der Waals surface area (Å²) in [5.41, 5.74) is 0. The van der Waals surface area contributed by atoms with E-state index < -0.39 is 12.7 Å². The first-order chi connectivity index (χ1) is 7.35. The van der Waals surface area contributed by atoms with Gasteiger partial charge >= 0.3 is 6.18 Å². The molecule has 0 saturated heterocycles. The molecule has 1 saturated carbocycles. The molecule has 2 unspecified atom stereocenters. The fourth-order valence-corrected chi connectivity index (χ4v) is 2.00. The highest BCUT2D eigenvalue weighted by Crippen LogP contribution is 2.32. The van der Waals surface area contributed by atoms with E-state index >= 15 is 0 Å². The van der Waals surface area contributed by atoms with E-state index in [4.69, 9.17) is 0 Å². The number of nitrogens with one attached hydrogen (secondary N) is 1. The summed E-state index contributed by atoms with van der Waals surface area (Å²) in [4.78, 5) is 1.59. The van der Waals surface area contributed by atoms with Gasteiger partial charge in [-0.25, -0.2) is 0 Å². The zero-order valence-electron chi connectivity index (χ0n) is 10.1. The van der Waals surface area contributed by atoms with Gasteiger partial charge in [-0.15, -0.1) is 0 Å². The van der Waals surface area contributed by atoms with Gasteiger partial charge in [-0.05, 0) is 33.2 Å². The molecule has 0 amide bonds. The van der Waals surface area contributed by atoms with Crippen LogP contribution >= 0.6 is 0 Å². The van der Waals surface area contributed by atoms with E-state index in [0.717, 1.165) is 19.4 Å². The third-order valence-corrected chi connectivity index (χ3v) is 3.15. The summed E-state index contributed by atoms with van der Waals surface area (Å²) in [6.07, 6.45) is -2.29. The summed E-state index contributed by atoms with van der Waals surface area (Å²) >= 11 is 0. The van der Waals surface area contributed by atoms with Crippen molar-refractivity contribution in [2.45, 2.75) is 57.9 Å². The number of hydrogen-bond acceptors (Lipinski definition) is 2. The standard InChI is InChI=1S/C11H21F3N2/c1-4-15-8(2)9(3)16(10-5-6-10)7-11(12,13)14/h8-10,15H,4-7H2,1-3H3. The quantitative estimate of drug-likeness (QED) is 0.764. The first-order valence-corrected chi connectivity index (χ1v) is 5.91. The van der Waals surface area contributed by atoms with E-state index in [9.17, 15) is 13.2 Å². The molecule has 2 atom stereocenters. The van der Waals surface area contributed by atoms with Crippen molar-refractivity contribution in [1.82, 2.24) is 10.2 Å². The Hall–Kier alpha value is -0.290. The first kappa shape index (κ1) is 13.8. The third-order valence-electron chi connectivity index (χ3n) is 3.15. The van der Waals surface area contributed by atoms with Gasteiger partial charge in [-0.1, -0.05) is 6.92 Å². The second-order valence-corrected chi connectivity index (χ2v) is 4.61. The molecule has 0 aliphatic heterocycles. The normalized spacial score (nSPS) is 21.2. The van der Waals surface area contributed by atoms with E-state index in [1.54, 1.807) is 4.90 Å². The Morgan fingerprint density at radius 2 is 1.88 bits per heavy atom. The molecule has 2 nitrogen and oxygen atoms in total. The molecule has 5 heteroatoms. The molecule has 96 valence electrons. The molecule has 0 aromatic carbocycles. The number of nitrogens with zero attached hydrogens (tertiary/aromatic N) is 1. The smallest absolute Gasteiger partial charge is 0.313 e. The molecule has 1 aliphatic rings. The van der Waals surface area contributed by atoms with Gasteiger partial charge in [0.05, 0.1) is 6.54 Å². The molecule has 0 aromatic rings. The van der Waals surface area contributed by atoms with Gasteiger partial charge in [-0.2, -0.15) is 13.2 Å². The molecule has 1 rings (SSSR count). The van der Waals surface area contributed by atoms with Gasteiger partial charge in [0.25, 0.3) is 0 Å². The molecule has 0 aromatic heterocycles. The Bertz CT molecular complexity index is 214. The summed E-state index contributed by atoms with van der Waals surface area (Å²) in [5.74, 6) is 0. The molecule has 0 bridgehead atoms. The van der Waals surface area contributed by atoms with Gasteiger partial charge in [0.1, 0.15) is 0 Å². The molecule has 1 N–H and O–H groups in total. The highest BCUT2D eigenvalue weighted by atomic mass is 19.4. The van der Waals surface area contributed by atoms with Crippen LogP contribution < -0.4 is 5.32 Å². The van der Waals surface area contributed by atoms with Crippen molar-refractivity contribution < 1.29 is 13.2 Å². The lowest BCUT2D eigenvalue weighted by Gasteiger charge is -2.34. The maximum absolute atomic E-state index is 12.4. The van der Waals surface area contributed by atoms with Crippen LogP contribution in [0.3, 0.4) is 0 Å². The number of halogens is 3. The maximum atomic E-state index is 12.4. The highest BCUT2D eigenvalue weighted by Gasteiger charge is 2.41. The maximum Gasteiger partial charge on any atom is 0.401 e. The monoisotopic (exact) mass is 238 g/mol. The van der Waals surface area contributed by atoms with Crippen LogP contribution in [0.4, 0.5) is 13.2 Å². The van der Waals surface area contributed by atoms with Crippen molar-refractivity contribution >= 4 is 0 Å². The Kier molecular flexibility index (Phi) is 4.62. The van der Waals surface area contributed by atoms with Gasteiger partial charge in [0.2, 0.25) is 0 Å². The van der Waals surface area contributed by atoms with Gasteiger partial charge in [0.15, 0.2) is 0 Å². The van der Waals surface area contributed by atoms with E-state index in [1.165, 1.54) is 0 Å². The Balaban J connectivity index is 2.55. The summed E-state index contributed by atoms with van der Waals surface area (Å²) in [6.45, 7) is 5.79. The van der Waals surface area contributed by atoms with Crippen LogP contribution in [0.2, 0.25) is 0 Å². The summed E-state index contributed by atoms with van der Waals surface area (Å²) in [6, 6.07) is 0.153. The largest absolute Gasteiger partial charge is 0.401 e. The average Bonchev–Trinajstić information content (AvgIpc) is 2.95. The van der Waals surface area contributed by atoms with Crippen molar-refractivity contribution in [3.05, 3.63) is 0 Å². The Labute approximate surface area is 95.2 Å². The average molecular weight is 238 g/mol. The number of rotatable bonds is 6. The summed E-state index contributed by atoms with van der Waals surface area (Å²) < 4.78 is 37.3. The van der Waals surface area contributed by atoms with Crippen LogP contribution in [0.15, 0.2) is 0 Å². The lowest BCUT2D eigenvalue weighted by Crippen LogP contribution is -2.50. The van der Waals surface area contributed by atoms with Crippen molar-refractivity contribution in [3.63, 3.8) is 0 Å². The van der Waals surface area contributed by atoms with Gasteiger partial charge in [-0.3, -0.25) is 4.90 Å². The second-order valence-electron chi connectivity index (χ2n) is 4.61. The lowest BCUT2D eigenvalue weighted by atomic mass is 10.1. The van der Waals surface area contributed by atoms with E-state index in [0.29, 0.717) is 0 Å². The molecule has 0 radical (unpaired) electrons. The van der Waals surface area contributed by atoms with Crippen LogP contribution in [0, 0.1) is 0 Å². The van der Waals surface area contributed by atoms with Crippen LogP contribution in [0.25, 0.3) is 0 Å².